The zero-order chi connectivity index (χ0) is 13.6. The number of fused-ring (bicyclic) bond motifs is 1. The number of benzene rings is 1. The van der Waals surface area contributed by atoms with Crippen molar-refractivity contribution in [3.05, 3.63) is 22.7 Å². The Hall–Kier alpha value is -1.76. The molecule has 0 radical (unpaired) electrons. The third kappa shape index (κ3) is 2.03. The van der Waals surface area contributed by atoms with Crippen molar-refractivity contribution in [3.8, 4) is 11.5 Å². The van der Waals surface area contributed by atoms with Crippen molar-refractivity contribution >= 4 is 17.7 Å². The van der Waals surface area contributed by atoms with E-state index in [-0.39, 0.29) is 17.4 Å². The smallest absolute Gasteiger partial charge is 0.408 e. The molecule has 1 amide bonds. The van der Waals surface area contributed by atoms with Gasteiger partial charge in [-0.25, -0.2) is 13.6 Å². The number of carbonyl (C=O) groups excluding carboxylic acids is 1. The summed E-state index contributed by atoms with van der Waals surface area (Å²) in [7, 11) is 0. The van der Waals surface area contributed by atoms with Gasteiger partial charge < -0.3 is 19.5 Å². The summed E-state index contributed by atoms with van der Waals surface area (Å²) in [5.41, 5.74) is 0.0626. The topological polar surface area (TPSA) is 56.8 Å². The maximum atomic E-state index is 13.8. The van der Waals surface area contributed by atoms with Crippen LogP contribution in [-0.2, 0) is 4.74 Å². The number of alkyl halides is 2. The Labute approximate surface area is 111 Å². The third-order valence-corrected chi connectivity index (χ3v) is 3.21. The molecule has 5 nitrogen and oxygen atoms in total. The van der Waals surface area contributed by atoms with Crippen molar-refractivity contribution in [2.75, 3.05) is 13.4 Å². The third-order valence-electron chi connectivity index (χ3n) is 2.88. The average molecular weight is 292 g/mol. The quantitative estimate of drug-likeness (QED) is 0.863. The molecular formula is C11H8ClF2NO4. The molecule has 3 rings (SSSR count). The monoisotopic (exact) mass is 291 g/mol. The molecule has 102 valence electrons. The largest absolute Gasteiger partial charge is 0.454 e. The zero-order valence-electron chi connectivity index (χ0n) is 9.41. The molecule has 19 heavy (non-hydrogen) atoms. The molecule has 0 bridgehead atoms. The first-order valence-corrected chi connectivity index (χ1v) is 5.75. The van der Waals surface area contributed by atoms with Gasteiger partial charge in [0.15, 0.2) is 18.1 Å². The van der Waals surface area contributed by atoms with E-state index in [4.69, 9.17) is 21.1 Å². The molecule has 8 heteroatoms. The van der Waals surface area contributed by atoms with Gasteiger partial charge in [0.25, 0.3) is 0 Å². The van der Waals surface area contributed by atoms with Crippen molar-refractivity contribution in [2.45, 2.75) is 12.0 Å². The highest BCUT2D eigenvalue weighted by molar-refractivity contribution is 6.31. The number of alkyl carbamates (subject to hydrolysis) is 1. The Kier molecular flexibility index (Phi) is 2.67. The van der Waals surface area contributed by atoms with E-state index in [2.05, 4.69) is 10.1 Å². The van der Waals surface area contributed by atoms with Crippen LogP contribution >= 0.6 is 11.6 Å². The van der Waals surface area contributed by atoms with Crippen LogP contribution in [0.2, 0.25) is 5.02 Å². The maximum Gasteiger partial charge on any atom is 0.408 e. The number of nitrogens with one attached hydrogen (secondary N) is 1. The number of ether oxygens (including phenoxy) is 3. The number of cyclic esters (lactones) is 1. The standard InChI is InChI=1S/C11H8ClF2NO4/c12-6-2-8-7(18-4-19-8)1-5(6)9-11(13,14)3-17-10(16)15-9/h1-2,9H,3-4H2,(H,15,16)/t9-/m0/s1. The molecular weight excluding hydrogens is 284 g/mol. The lowest BCUT2D eigenvalue weighted by Crippen LogP contribution is -2.49. The van der Waals surface area contributed by atoms with Crippen LogP contribution in [-0.4, -0.2) is 25.4 Å². The van der Waals surface area contributed by atoms with Gasteiger partial charge in [-0.05, 0) is 6.07 Å². The predicted octanol–water partition coefficient (Wildman–Crippen LogP) is 2.48. The lowest BCUT2D eigenvalue weighted by atomic mass is 9.99. The van der Waals surface area contributed by atoms with Crippen LogP contribution in [0.5, 0.6) is 11.5 Å². The average Bonchev–Trinajstić information content (AvgIpc) is 2.78. The van der Waals surface area contributed by atoms with Crippen LogP contribution in [0.25, 0.3) is 0 Å². The number of hydrogen-bond donors (Lipinski definition) is 1. The van der Waals surface area contributed by atoms with Crippen molar-refractivity contribution in [2.24, 2.45) is 0 Å². The molecule has 0 saturated carbocycles. The lowest BCUT2D eigenvalue weighted by molar-refractivity contribution is -0.104. The van der Waals surface area contributed by atoms with Crippen LogP contribution < -0.4 is 14.8 Å². The number of halogens is 3. The molecule has 0 aromatic heterocycles. The summed E-state index contributed by atoms with van der Waals surface area (Å²) in [5, 5.41) is 2.13. The number of rotatable bonds is 1. The normalized spacial score (nSPS) is 23.7. The second-order valence-corrected chi connectivity index (χ2v) is 4.55. The number of carbonyl (C=O) groups is 1. The van der Waals surface area contributed by atoms with Gasteiger partial charge in [-0.1, -0.05) is 11.6 Å². The second kappa shape index (κ2) is 4.12. The highest BCUT2D eigenvalue weighted by Gasteiger charge is 2.48. The maximum absolute atomic E-state index is 13.8. The first-order valence-electron chi connectivity index (χ1n) is 5.37. The lowest BCUT2D eigenvalue weighted by Gasteiger charge is -2.32. The van der Waals surface area contributed by atoms with Gasteiger partial charge in [0.05, 0.1) is 5.02 Å². The molecule has 2 aliphatic rings. The first-order chi connectivity index (χ1) is 8.97. The SMILES string of the molecule is O=C1N[C@@H](c2cc3c(cc2Cl)OCO3)C(F)(F)CO1. The summed E-state index contributed by atoms with van der Waals surface area (Å²) in [6.45, 7) is -0.986. The summed E-state index contributed by atoms with van der Waals surface area (Å²) in [6, 6.07) is 1.17. The molecule has 1 N–H and O–H groups in total. The van der Waals surface area contributed by atoms with E-state index in [0.717, 1.165) is 0 Å². The van der Waals surface area contributed by atoms with Crippen LogP contribution in [0.3, 0.4) is 0 Å². The Bertz CT molecular complexity index is 552. The highest BCUT2D eigenvalue weighted by atomic mass is 35.5. The Morgan fingerprint density at radius 1 is 1.26 bits per heavy atom. The second-order valence-electron chi connectivity index (χ2n) is 4.14. The van der Waals surface area contributed by atoms with Gasteiger partial charge in [0, 0.05) is 11.6 Å². The summed E-state index contributed by atoms with van der Waals surface area (Å²) in [5.74, 6) is -2.56. The minimum atomic E-state index is -3.26. The van der Waals surface area contributed by atoms with E-state index in [1.54, 1.807) is 0 Å². The molecule has 2 aliphatic heterocycles. The summed E-state index contributed by atoms with van der Waals surface area (Å²) in [6.07, 6.45) is -0.912. The predicted molar refractivity (Wildman–Crippen MR) is 59.7 cm³/mol. The Morgan fingerprint density at radius 2 is 1.95 bits per heavy atom. The first kappa shape index (κ1) is 12.3. The highest BCUT2D eigenvalue weighted by Crippen LogP contribution is 2.43. The van der Waals surface area contributed by atoms with Crippen LogP contribution in [0, 0.1) is 0 Å². The van der Waals surface area contributed by atoms with E-state index < -0.39 is 24.7 Å². The van der Waals surface area contributed by atoms with E-state index in [1.165, 1.54) is 12.1 Å². The fraction of sp³-hybridized carbons (Fsp3) is 0.364. The fourth-order valence-electron chi connectivity index (χ4n) is 1.97. The van der Waals surface area contributed by atoms with Crippen LogP contribution in [0.15, 0.2) is 12.1 Å². The Morgan fingerprint density at radius 3 is 2.68 bits per heavy atom. The minimum absolute atomic E-state index is 0.00560. The van der Waals surface area contributed by atoms with E-state index >= 15 is 0 Å². The molecule has 1 aromatic carbocycles. The molecule has 0 unspecified atom stereocenters. The van der Waals surface area contributed by atoms with E-state index in [9.17, 15) is 13.6 Å². The molecule has 1 saturated heterocycles. The number of hydrogen-bond acceptors (Lipinski definition) is 4. The molecule has 2 heterocycles. The molecule has 1 atom stereocenters. The summed E-state index contributed by atoms with van der Waals surface area (Å²) >= 11 is 5.96. The zero-order valence-corrected chi connectivity index (χ0v) is 10.2. The van der Waals surface area contributed by atoms with Gasteiger partial charge in [-0.3, -0.25) is 0 Å². The van der Waals surface area contributed by atoms with Crippen molar-refractivity contribution in [1.29, 1.82) is 0 Å². The van der Waals surface area contributed by atoms with Crippen LogP contribution in [0.4, 0.5) is 13.6 Å². The van der Waals surface area contributed by atoms with Gasteiger partial charge in [0.1, 0.15) is 6.04 Å². The van der Waals surface area contributed by atoms with Crippen LogP contribution in [0.1, 0.15) is 11.6 Å². The van der Waals surface area contributed by atoms with Gasteiger partial charge in [-0.15, -0.1) is 0 Å². The van der Waals surface area contributed by atoms with Gasteiger partial charge in [0.2, 0.25) is 6.79 Å². The molecule has 0 aliphatic carbocycles. The van der Waals surface area contributed by atoms with Gasteiger partial charge in [-0.2, -0.15) is 0 Å². The van der Waals surface area contributed by atoms with Crippen molar-refractivity contribution < 1.29 is 27.8 Å². The van der Waals surface area contributed by atoms with Crippen molar-refractivity contribution in [1.82, 2.24) is 5.32 Å². The van der Waals surface area contributed by atoms with E-state index in [0.29, 0.717) is 11.5 Å². The Balaban J connectivity index is 2.03. The van der Waals surface area contributed by atoms with Crippen molar-refractivity contribution in [3.63, 3.8) is 0 Å². The van der Waals surface area contributed by atoms with Gasteiger partial charge >= 0.3 is 12.0 Å². The minimum Gasteiger partial charge on any atom is -0.454 e. The molecule has 0 spiro atoms. The summed E-state index contributed by atoms with van der Waals surface area (Å²) in [4.78, 5) is 11.1. The van der Waals surface area contributed by atoms with E-state index in [1.807, 2.05) is 0 Å². The summed E-state index contributed by atoms with van der Waals surface area (Å²) < 4.78 is 42.1. The number of amides is 1. The molecule has 1 aromatic rings. The fourth-order valence-corrected chi connectivity index (χ4v) is 2.23. The molecule has 1 fully saturated rings.